The molecular formula is C23H30N2O. The van der Waals surface area contributed by atoms with E-state index in [1.807, 2.05) is 24.3 Å². The minimum absolute atomic E-state index is 0.0805. The molecule has 1 saturated heterocycles. The second-order valence-corrected chi connectivity index (χ2v) is 7.29. The number of hydrogen-bond donors (Lipinski definition) is 2. The first-order valence-corrected chi connectivity index (χ1v) is 9.90. The fourth-order valence-corrected chi connectivity index (χ4v) is 3.74. The SMILES string of the molecule is O=C(CCC1CCNCC1)NC(CCc1ccccc1)c1ccccc1. The standard InChI is InChI=1S/C23H30N2O/c26-23(14-12-20-15-17-24-18-16-20)25-22(21-9-5-2-6-10-21)13-11-19-7-3-1-4-8-19/h1-10,20,22,24H,11-18H2,(H,25,26). The van der Waals surface area contributed by atoms with E-state index in [0.29, 0.717) is 12.3 Å². The molecule has 2 N–H and O–H groups in total. The molecule has 1 fully saturated rings. The van der Waals surface area contributed by atoms with Crippen molar-refractivity contribution >= 4 is 5.91 Å². The number of aryl methyl sites for hydroxylation is 1. The molecule has 0 bridgehead atoms. The van der Waals surface area contributed by atoms with Gasteiger partial charge in [0.1, 0.15) is 0 Å². The van der Waals surface area contributed by atoms with Crippen LogP contribution >= 0.6 is 0 Å². The normalized spacial score (nSPS) is 16.2. The summed E-state index contributed by atoms with van der Waals surface area (Å²) in [6.45, 7) is 2.19. The first-order chi connectivity index (χ1) is 12.8. The molecule has 3 heteroatoms. The van der Waals surface area contributed by atoms with Gasteiger partial charge in [-0.1, -0.05) is 60.7 Å². The lowest BCUT2D eigenvalue weighted by Gasteiger charge is -2.23. The van der Waals surface area contributed by atoms with Gasteiger partial charge in [0, 0.05) is 6.42 Å². The molecule has 2 aromatic carbocycles. The van der Waals surface area contributed by atoms with Gasteiger partial charge < -0.3 is 10.6 Å². The van der Waals surface area contributed by atoms with E-state index in [1.54, 1.807) is 0 Å². The van der Waals surface area contributed by atoms with Crippen molar-refractivity contribution in [1.29, 1.82) is 0 Å². The van der Waals surface area contributed by atoms with Crippen LogP contribution < -0.4 is 10.6 Å². The average Bonchev–Trinajstić information content (AvgIpc) is 2.72. The quantitative estimate of drug-likeness (QED) is 0.747. The van der Waals surface area contributed by atoms with Gasteiger partial charge in [-0.25, -0.2) is 0 Å². The maximum Gasteiger partial charge on any atom is 0.220 e. The van der Waals surface area contributed by atoms with Gasteiger partial charge in [-0.05, 0) is 62.2 Å². The number of carbonyl (C=O) groups is 1. The summed E-state index contributed by atoms with van der Waals surface area (Å²) < 4.78 is 0. The summed E-state index contributed by atoms with van der Waals surface area (Å²) in [4.78, 5) is 12.6. The molecule has 0 aromatic heterocycles. The van der Waals surface area contributed by atoms with E-state index in [1.165, 1.54) is 24.0 Å². The molecule has 1 amide bonds. The van der Waals surface area contributed by atoms with Gasteiger partial charge >= 0.3 is 0 Å². The highest BCUT2D eigenvalue weighted by Gasteiger charge is 2.17. The average molecular weight is 351 g/mol. The summed E-state index contributed by atoms with van der Waals surface area (Å²) in [5, 5.41) is 6.68. The highest BCUT2D eigenvalue weighted by molar-refractivity contribution is 5.76. The minimum Gasteiger partial charge on any atom is -0.349 e. The maximum atomic E-state index is 12.6. The van der Waals surface area contributed by atoms with Crippen LogP contribution in [0.3, 0.4) is 0 Å². The van der Waals surface area contributed by atoms with Crippen LogP contribution in [0.5, 0.6) is 0 Å². The Kier molecular flexibility index (Phi) is 7.26. The number of piperidine rings is 1. The molecule has 3 rings (SSSR count). The molecule has 1 unspecified atom stereocenters. The van der Waals surface area contributed by atoms with E-state index in [-0.39, 0.29) is 11.9 Å². The highest BCUT2D eigenvalue weighted by Crippen LogP contribution is 2.21. The summed E-state index contributed by atoms with van der Waals surface area (Å²) in [5.41, 5.74) is 2.51. The van der Waals surface area contributed by atoms with Gasteiger partial charge in [-0.15, -0.1) is 0 Å². The maximum absolute atomic E-state index is 12.6. The Labute approximate surface area is 157 Å². The van der Waals surface area contributed by atoms with E-state index < -0.39 is 0 Å². The summed E-state index contributed by atoms with van der Waals surface area (Å²) in [6.07, 6.45) is 5.93. The number of rotatable bonds is 8. The van der Waals surface area contributed by atoms with E-state index in [2.05, 4.69) is 47.0 Å². The summed E-state index contributed by atoms with van der Waals surface area (Å²) >= 11 is 0. The Morgan fingerprint density at radius 1 is 1.00 bits per heavy atom. The molecular weight excluding hydrogens is 320 g/mol. The molecule has 2 aromatic rings. The first-order valence-electron chi connectivity index (χ1n) is 9.90. The Hall–Kier alpha value is -2.13. The number of benzene rings is 2. The Bertz CT molecular complexity index is 650. The van der Waals surface area contributed by atoms with Crippen molar-refractivity contribution in [1.82, 2.24) is 10.6 Å². The Balaban J connectivity index is 1.55. The smallest absolute Gasteiger partial charge is 0.220 e. The summed E-state index contributed by atoms with van der Waals surface area (Å²) in [6, 6.07) is 20.9. The predicted octanol–water partition coefficient (Wildman–Crippen LogP) is 4.26. The Morgan fingerprint density at radius 2 is 1.65 bits per heavy atom. The third-order valence-corrected chi connectivity index (χ3v) is 5.34. The monoisotopic (exact) mass is 350 g/mol. The van der Waals surface area contributed by atoms with Gasteiger partial charge in [0.05, 0.1) is 6.04 Å². The molecule has 1 heterocycles. The molecule has 1 aliphatic heterocycles. The lowest BCUT2D eigenvalue weighted by molar-refractivity contribution is -0.122. The topological polar surface area (TPSA) is 41.1 Å². The van der Waals surface area contributed by atoms with Crippen molar-refractivity contribution in [3.8, 4) is 0 Å². The number of amides is 1. The molecule has 1 aliphatic rings. The molecule has 0 spiro atoms. The molecule has 1 atom stereocenters. The van der Waals surface area contributed by atoms with Crippen molar-refractivity contribution in [3.05, 3.63) is 71.8 Å². The molecule has 0 aliphatic carbocycles. The second kappa shape index (κ2) is 10.1. The van der Waals surface area contributed by atoms with Crippen molar-refractivity contribution in [2.45, 2.75) is 44.6 Å². The summed E-state index contributed by atoms with van der Waals surface area (Å²) in [7, 11) is 0. The zero-order chi connectivity index (χ0) is 18.0. The number of carbonyl (C=O) groups excluding carboxylic acids is 1. The molecule has 0 radical (unpaired) electrons. The van der Waals surface area contributed by atoms with Crippen LogP contribution in [0.15, 0.2) is 60.7 Å². The Morgan fingerprint density at radius 3 is 2.35 bits per heavy atom. The van der Waals surface area contributed by atoms with Gasteiger partial charge in [-0.2, -0.15) is 0 Å². The van der Waals surface area contributed by atoms with Gasteiger partial charge in [0.25, 0.3) is 0 Å². The lowest BCUT2D eigenvalue weighted by atomic mass is 9.93. The largest absolute Gasteiger partial charge is 0.349 e. The van der Waals surface area contributed by atoms with Crippen LogP contribution in [0.4, 0.5) is 0 Å². The van der Waals surface area contributed by atoms with Crippen LogP contribution in [0.2, 0.25) is 0 Å². The first kappa shape index (κ1) is 18.7. The molecule has 26 heavy (non-hydrogen) atoms. The molecule has 138 valence electrons. The van der Waals surface area contributed by atoms with Crippen molar-refractivity contribution in [3.63, 3.8) is 0 Å². The second-order valence-electron chi connectivity index (χ2n) is 7.29. The van der Waals surface area contributed by atoms with Crippen LogP contribution in [0.1, 0.15) is 49.3 Å². The third kappa shape index (κ3) is 5.99. The fourth-order valence-electron chi connectivity index (χ4n) is 3.74. The number of nitrogens with one attached hydrogen (secondary N) is 2. The van der Waals surface area contributed by atoms with Crippen molar-refractivity contribution in [2.75, 3.05) is 13.1 Å². The number of hydrogen-bond acceptors (Lipinski definition) is 2. The van der Waals surface area contributed by atoms with E-state index >= 15 is 0 Å². The zero-order valence-corrected chi connectivity index (χ0v) is 15.5. The van der Waals surface area contributed by atoms with Crippen molar-refractivity contribution in [2.24, 2.45) is 5.92 Å². The van der Waals surface area contributed by atoms with E-state index in [4.69, 9.17) is 0 Å². The van der Waals surface area contributed by atoms with Crippen LogP contribution in [0, 0.1) is 5.92 Å². The molecule has 3 nitrogen and oxygen atoms in total. The third-order valence-electron chi connectivity index (χ3n) is 5.34. The van der Waals surface area contributed by atoms with Crippen molar-refractivity contribution < 1.29 is 4.79 Å². The molecule has 0 saturated carbocycles. The predicted molar refractivity (Wildman–Crippen MR) is 107 cm³/mol. The highest BCUT2D eigenvalue weighted by atomic mass is 16.1. The van der Waals surface area contributed by atoms with Crippen LogP contribution in [-0.4, -0.2) is 19.0 Å². The zero-order valence-electron chi connectivity index (χ0n) is 15.5. The minimum atomic E-state index is 0.0805. The van der Waals surface area contributed by atoms with E-state index in [0.717, 1.165) is 32.4 Å². The van der Waals surface area contributed by atoms with Crippen LogP contribution in [-0.2, 0) is 11.2 Å². The summed E-state index contributed by atoms with van der Waals surface area (Å²) in [5.74, 6) is 0.881. The van der Waals surface area contributed by atoms with Crippen LogP contribution in [0.25, 0.3) is 0 Å². The van der Waals surface area contributed by atoms with Gasteiger partial charge in [-0.3, -0.25) is 4.79 Å². The van der Waals surface area contributed by atoms with Gasteiger partial charge in [0.2, 0.25) is 5.91 Å². The van der Waals surface area contributed by atoms with E-state index in [9.17, 15) is 4.79 Å². The fraction of sp³-hybridized carbons (Fsp3) is 0.435. The van der Waals surface area contributed by atoms with Gasteiger partial charge in [0.15, 0.2) is 0 Å². The lowest BCUT2D eigenvalue weighted by Crippen LogP contribution is -2.31.